The van der Waals surface area contributed by atoms with Crippen LogP contribution in [0.3, 0.4) is 0 Å². The monoisotopic (exact) mass is 369 g/mol. The van der Waals surface area contributed by atoms with E-state index in [1.807, 2.05) is 0 Å². The van der Waals surface area contributed by atoms with Gasteiger partial charge < -0.3 is 15.4 Å². The Morgan fingerprint density at radius 3 is 2.75 bits per heavy atom. The Balaban J connectivity index is 1.57. The molecule has 0 unspecified atom stereocenters. The molecule has 0 aromatic heterocycles. The fourth-order valence-corrected chi connectivity index (χ4v) is 6.29. The van der Waals surface area contributed by atoms with E-state index in [2.05, 4.69) is 15.6 Å². The molecule has 0 aliphatic carbocycles. The molecule has 1 saturated heterocycles. The molecule has 24 heavy (non-hydrogen) atoms. The minimum absolute atomic E-state index is 0.0170. The highest BCUT2D eigenvalue weighted by Gasteiger charge is 2.42. The smallest absolute Gasteiger partial charge is 0.251 e. The molecule has 2 aliphatic rings. The lowest BCUT2D eigenvalue weighted by atomic mass is 10.2. The second-order valence-electron chi connectivity index (χ2n) is 5.69. The normalized spacial score (nSPS) is 24.3. The Bertz CT molecular complexity index is 746. The molecule has 0 radical (unpaired) electrons. The van der Waals surface area contributed by atoms with Crippen LogP contribution in [0.1, 0.15) is 10.4 Å². The second kappa shape index (κ2) is 7.12. The first-order chi connectivity index (χ1) is 11.5. The average Bonchev–Trinajstić information content (AvgIpc) is 3.00. The largest absolute Gasteiger partial charge is 0.383 e. The summed E-state index contributed by atoms with van der Waals surface area (Å²) in [7, 11) is -1.35. The van der Waals surface area contributed by atoms with Crippen LogP contribution in [0.4, 0.5) is 5.69 Å². The van der Waals surface area contributed by atoms with Crippen molar-refractivity contribution in [3.63, 3.8) is 0 Å². The maximum absolute atomic E-state index is 11.9. The number of amides is 1. The minimum Gasteiger partial charge on any atom is -0.383 e. The van der Waals surface area contributed by atoms with Gasteiger partial charge in [0.05, 0.1) is 24.2 Å². The molecule has 2 atom stereocenters. The van der Waals surface area contributed by atoms with Crippen molar-refractivity contribution in [2.75, 3.05) is 37.1 Å². The van der Waals surface area contributed by atoms with Gasteiger partial charge in [-0.1, -0.05) is 11.8 Å². The molecular formula is C15H19N3O4S2. The van der Waals surface area contributed by atoms with E-state index in [-0.39, 0.29) is 28.7 Å². The Morgan fingerprint density at radius 1 is 1.33 bits per heavy atom. The van der Waals surface area contributed by atoms with Crippen molar-refractivity contribution >= 4 is 38.4 Å². The van der Waals surface area contributed by atoms with Crippen molar-refractivity contribution in [2.24, 2.45) is 4.99 Å². The van der Waals surface area contributed by atoms with Crippen LogP contribution in [0.2, 0.25) is 0 Å². The van der Waals surface area contributed by atoms with Gasteiger partial charge in [0, 0.05) is 30.2 Å². The first kappa shape index (κ1) is 17.2. The lowest BCUT2D eigenvalue weighted by Crippen LogP contribution is -2.26. The molecule has 1 amide bonds. The number of methoxy groups -OCH3 is 1. The Kier molecular flexibility index (Phi) is 5.12. The number of carbonyl (C=O) groups is 1. The van der Waals surface area contributed by atoms with Crippen molar-refractivity contribution in [1.82, 2.24) is 5.32 Å². The number of hydrogen-bond acceptors (Lipinski definition) is 7. The molecule has 2 heterocycles. The summed E-state index contributed by atoms with van der Waals surface area (Å²) in [6.45, 7) is 0.939. The van der Waals surface area contributed by atoms with Gasteiger partial charge in [0.15, 0.2) is 15.0 Å². The number of nitrogens with one attached hydrogen (secondary N) is 2. The summed E-state index contributed by atoms with van der Waals surface area (Å²) in [5, 5.41) is 6.69. The molecular weight excluding hydrogens is 350 g/mol. The van der Waals surface area contributed by atoms with E-state index in [9.17, 15) is 13.2 Å². The van der Waals surface area contributed by atoms with Gasteiger partial charge in [-0.25, -0.2) is 8.42 Å². The van der Waals surface area contributed by atoms with Gasteiger partial charge in [0.1, 0.15) is 0 Å². The van der Waals surface area contributed by atoms with Gasteiger partial charge in [0.2, 0.25) is 0 Å². The SMILES string of the molecule is COCCNC(=O)c1ccc(NC2=N[C@@H]3CS(=O)(=O)C[C@H]3S2)cc1. The fourth-order valence-electron chi connectivity index (χ4n) is 2.61. The van der Waals surface area contributed by atoms with E-state index < -0.39 is 9.84 Å². The number of rotatable bonds is 5. The maximum Gasteiger partial charge on any atom is 0.251 e. The van der Waals surface area contributed by atoms with Gasteiger partial charge >= 0.3 is 0 Å². The molecule has 3 rings (SSSR count). The van der Waals surface area contributed by atoms with Crippen LogP contribution in [0.5, 0.6) is 0 Å². The number of fused-ring (bicyclic) bond motifs is 1. The van der Waals surface area contributed by atoms with E-state index in [0.717, 1.165) is 10.9 Å². The molecule has 1 aromatic rings. The van der Waals surface area contributed by atoms with Gasteiger partial charge in [-0.15, -0.1) is 0 Å². The van der Waals surface area contributed by atoms with Crippen molar-refractivity contribution in [3.8, 4) is 0 Å². The predicted molar refractivity (Wildman–Crippen MR) is 95.5 cm³/mol. The number of hydrogen-bond donors (Lipinski definition) is 2. The van der Waals surface area contributed by atoms with Crippen molar-refractivity contribution in [2.45, 2.75) is 11.3 Å². The van der Waals surface area contributed by atoms with Crippen LogP contribution in [0.25, 0.3) is 0 Å². The minimum atomic E-state index is -2.94. The highest BCUT2D eigenvalue weighted by molar-refractivity contribution is 8.15. The molecule has 1 aromatic carbocycles. The quantitative estimate of drug-likeness (QED) is 0.743. The summed E-state index contributed by atoms with van der Waals surface area (Å²) in [6, 6.07) is 6.93. The standard InChI is InChI=1S/C15H19N3O4S2/c1-22-7-6-16-14(19)10-2-4-11(5-3-10)17-15-18-12-8-24(20,21)9-13(12)23-15/h2-5,12-13H,6-9H2,1H3,(H,16,19)(H,17,18)/t12-,13-/m1/s1. The Morgan fingerprint density at radius 2 is 2.08 bits per heavy atom. The lowest BCUT2D eigenvalue weighted by Gasteiger charge is -2.08. The van der Waals surface area contributed by atoms with Crippen molar-refractivity contribution in [3.05, 3.63) is 29.8 Å². The lowest BCUT2D eigenvalue weighted by molar-refractivity contribution is 0.0937. The summed E-state index contributed by atoms with van der Waals surface area (Å²) in [6.07, 6.45) is 0. The number of thioether (sulfide) groups is 1. The highest BCUT2D eigenvalue weighted by atomic mass is 32.2. The van der Waals surface area contributed by atoms with Crippen molar-refractivity contribution in [1.29, 1.82) is 0 Å². The number of amidine groups is 1. The molecule has 0 saturated carbocycles. The molecule has 7 nitrogen and oxygen atoms in total. The van der Waals surface area contributed by atoms with Gasteiger partial charge in [-0.3, -0.25) is 9.79 Å². The first-order valence-corrected chi connectivity index (χ1v) is 10.3. The van der Waals surface area contributed by atoms with Gasteiger partial charge in [0.25, 0.3) is 5.91 Å². The zero-order valence-electron chi connectivity index (χ0n) is 13.2. The number of benzene rings is 1. The summed E-state index contributed by atoms with van der Waals surface area (Å²) in [4.78, 5) is 16.3. The van der Waals surface area contributed by atoms with Crippen molar-refractivity contribution < 1.29 is 17.9 Å². The number of anilines is 1. The number of ether oxygens (including phenoxy) is 1. The number of carbonyl (C=O) groups excluding carboxylic acids is 1. The van der Waals surface area contributed by atoms with Gasteiger partial charge in [-0.2, -0.15) is 0 Å². The van der Waals surface area contributed by atoms with E-state index >= 15 is 0 Å². The third-order valence-electron chi connectivity index (χ3n) is 3.81. The Hall–Kier alpha value is -1.58. The Labute approximate surface area is 145 Å². The second-order valence-corrected chi connectivity index (χ2v) is 9.07. The molecule has 1 fully saturated rings. The number of nitrogens with zero attached hydrogens (tertiary/aromatic N) is 1. The predicted octanol–water partition coefficient (Wildman–Crippen LogP) is 0.743. The van der Waals surface area contributed by atoms with Crippen LogP contribution >= 0.6 is 11.8 Å². The molecule has 2 aliphatic heterocycles. The molecule has 9 heteroatoms. The topological polar surface area (TPSA) is 96.9 Å². The highest BCUT2D eigenvalue weighted by Crippen LogP contribution is 2.34. The molecule has 2 N–H and O–H groups in total. The van der Waals surface area contributed by atoms with E-state index in [4.69, 9.17) is 4.74 Å². The molecule has 130 valence electrons. The number of sulfone groups is 1. The van der Waals surface area contributed by atoms with Crippen LogP contribution < -0.4 is 10.6 Å². The van der Waals surface area contributed by atoms with E-state index in [1.54, 1.807) is 31.4 Å². The summed E-state index contributed by atoms with van der Waals surface area (Å²) in [5.74, 6) is 0.180. The molecule has 0 spiro atoms. The van der Waals surface area contributed by atoms with Gasteiger partial charge in [-0.05, 0) is 24.3 Å². The van der Waals surface area contributed by atoms with E-state index in [1.165, 1.54) is 11.8 Å². The van der Waals surface area contributed by atoms with E-state index in [0.29, 0.717) is 18.7 Å². The summed E-state index contributed by atoms with van der Waals surface area (Å²) < 4.78 is 28.0. The fraction of sp³-hybridized carbons (Fsp3) is 0.467. The first-order valence-electron chi connectivity index (χ1n) is 7.56. The maximum atomic E-state index is 11.9. The third kappa shape index (κ3) is 4.08. The zero-order valence-corrected chi connectivity index (χ0v) is 14.8. The zero-order chi connectivity index (χ0) is 17.2. The molecule has 0 bridgehead atoms. The van der Waals surface area contributed by atoms with Crippen LogP contribution in [0.15, 0.2) is 29.3 Å². The van der Waals surface area contributed by atoms with Crippen LogP contribution in [-0.2, 0) is 14.6 Å². The number of aliphatic imine (C=N–C) groups is 1. The van der Waals surface area contributed by atoms with Crippen LogP contribution in [-0.4, -0.2) is 62.6 Å². The average molecular weight is 369 g/mol. The summed E-state index contributed by atoms with van der Waals surface area (Å²) in [5.41, 5.74) is 1.39. The third-order valence-corrected chi connectivity index (χ3v) is 6.95. The summed E-state index contributed by atoms with van der Waals surface area (Å²) >= 11 is 1.47. The van der Waals surface area contributed by atoms with Crippen LogP contribution in [0, 0.1) is 0 Å².